The third kappa shape index (κ3) is 2.65. The van der Waals surface area contributed by atoms with Gasteiger partial charge in [0.1, 0.15) is 0 Å². The first-order valence-corrected chi connectivity index (χ1v) is 6.94. The van der Waals surface area contributed by atoms with Crippen molar-refractivity contribution in [1.82, 2.24) is 10.2 Å². The van der Waals surface area contributed by atoms with E-state index in [4.69, 9.17) is 0 Å². The molecule has 1 N–H and O–H groups in total. The number of hydrogen-bond acceptors (Lipinski definition) is 2. The van der Waals surface area contributed by atoms with Gasteiger partial charge in [-0.3, -0.25) is 4.79 Å². The third-order valence-electron chi connectivity index (χ3n) is 4.12. The minimum atomic E-state index is 0.158. The van der Waals surface area contributed by atoms with Crippen LogP contribution in [0.5, 0.6) is 0 Å². The summed E-state index contributed by atoms with van der Waals surface area (Å²) < 4.78 is 0. The Labute approximate surface area is 105 Å². The van der Waals surface area contributed by atoms with Crippen LogP contribution in [0.3, 0.4) is 0 Å². The Morgan fingerprint density at radius 2 is 1.88 bits per heavy atom. The van der Waals surface area contributed by atoms with Crippen molar-refractivity contribution in [2.45, 2.75) is 46.6 Å². The number of nitrogens with one attached hydrogen (secondary N) is 1. The van der Waals surface area contributed by atoms with E-state index in [-0.39, 0.29) is 5.92 Å². The van der Waals surface area contributed by atoms with Crippen molar-refractivity contribution in [2.24, 2.45) is 17.3 Å². The van der Waals surface area contributed by atoms with E-state index in [1.165, 1.54) is 12.8 Å². The van der Waals surface area contributed by atoms with Gasteiger partial charge in [0.15, 0.2) is 0 Å². The van der Waals surface area contributed by atoms with Gasteiger partial charge in [0.05, 0.1) is 0 Å². The van der Waals surface area contributed by atoms with Gasteiger partial charge in [0.25, 0.3) is 0 Å². The van der Waals surface area contributed by atoms with E-state index >= 15 is 0 Å². The highest BCUT2D eigenvalue weighted by atomic mass is 16.2. The van der Waals surface area contributed by atoms with Gasteiger partial charge in [-0.2, -0.15) is 0 Å². The smallest absolute Gasteiger partial charge is 0.225 e. The fourth-order valence-electron chi connectivity index (χ4n) is 3.25. The first-order chi connectivity index (χ1) is 7.92. The zero-order valence-electron chi connectivity index (χ0n) is 11.6. The molecule has 1 saturated carbocycles. The fourth-order valence-corrected chi connectivity index (χ4v) is 3.25. The molecular formula is C14H26N2O. The van der Waals surface area contributed by atoms with Crippen LogP contribution in [0, 0.1) is 17.3 Å². The highest BCUT2D eigenvalue weighted by molar-refractivity contribution is 5.79. The fraction of sp³-hybridized carbons (Fsp3) is 0.929. The van der Waals surface area contributed by atoms with Crippen molar-refractivity contribution in [2.75, 3.05) is 19.6 Å². The first kappa shape index (κ1) is 12.9. The van der Waals surface area contributed by atoms with Crippen molar-refractivity contribution in [1.29, 1.82) is 0 Å². The summed E-state index contributed by atoms with van der Waals surface area (Å²) >= 11 is 0. The normalized spacial score (nSPS) is 23.1. The number of hydrogen-bond donors (Lipinski definition) is 1. The predicted octanol–water partition coefficient (Wildman–Crippen LogP) is 1.88. The summed E-state index contributed by atoms with van der Waals surface area (Å²) in [6.07, 6.45) is 2.63. The van der Waals surface area contributed by atoms with E-state index in [1.54, 1.807) is 0 Å². The lowest BCUT2D eigenvalue weighted by atomic mass is 9.57. The van der Waals surface area contributed by atoms with E-state index in [9.17, 15) is 4.79 Å². The molecule has 2 fully saturated rings. The second-order valence-corrected chi connectivity index (χ2v) is 6.69. The van der Waals surface area contributed by atoms with Gasteiger partial charge in [0, 0.05) is 30.5 Å². The monoisotopic (exact) mass is 238 g/mol. The number of amides is 1. The van der Waals surface area contributed by atoms with Crippen LogP contribution in [0.1, 0.15) is 40.5 Å². The maximum Gasteiger partial charge on any atom is 0.225 e. The van der Waals surface area contributed by atoms with Gasteiger partial charge in [-0.05, 0) is 25.3 Å². The van der Waals surface area contributed by atoms with Crippen LogP contribution in [-0.4, -0.2) is 36.5 Å². The summed E-state index contributed by atoms with van der Waals surface area (Å²) in [6, 6.07) is 0.590. The molecule has 3 heteroatoms. The van der Waals surface area contributed by atoms with Crippen molar-refractivity contribution < 1.29 is 4.79 Å². The van der Waals surface area contributed by atoms with Crippen molar-refractivity contribution in [3.8, 4) is 0 Å². The SMILES string of the molecule is CC(C)NCC1CC2(C1)CN(C(=O)C(C)C)C2. The third-order valence-corrected chi connectivity index (χ3v) is 4.12. The molecule has 1 saturated heterocycles. The van der Waals surface area contributed by atoms with Crippen LogP contribution in [-0.2, 0) is 4.79 Å². The summed E-state index contributed by atoms with van der Waals surface area (Å²) in [5, 5.41) is 3.51. The number of likely N-dealkylation sites (tertiary alicyclic amines) is 1. The molecule has 17 heavy (non-hydrogen) atoms. The van der Waals surface area contributed by atoms with Gasteiger partial charge in [0.2, 0.25) is 5.91 Å². The molecule has 2 rings (SSSR count). The molecule has 1 heterocycles. The van der Waals surface area contributed by atoms with Crippen LogP contribution in [0.2, 0.25) is 0 Å². The minimum absolute atomic E-state index is 0.158. The lowest BCUT2D eigenvalue weighted by Crippen LogP contribution is -2.65. The van der Waals surface area contributed by atoms with E-state index in [0.717, 1.165) is 25.6 Å². The lowest BCUT2D eigenvalue weighted by Gasteiger charge is -2.59. The summed E-state index contributed by atoms with van der Waals surface area (Å²) in [6.45, 7) is 11.6. The maximum atomic E-state index is 11.8. The molecule has 3 nitrogen and oxygen atoms in total. The highest BCUT2D eigenvalue weighted by Crippen LogP contribution is 2.51. The lowest BCUT2D eigenvalue weighted by molar-refractivity contribution is -0.158. The molecule has 1 aliphatic carbocycles. The van der Waals surface area contributed by atoms with E-state index in [1.807, 2.05) is 18.7 Å². The first-order valence-electron chi connectivity index (χ1n) is 6.94. The Hall–Kier alpha value is -0.570. The highest BCUT2D eigenvalue weighted by Gasteiger charge is 2.53. The van der Waals surface area contributed by atoms with Crippen molar-refractivity contribution >= 4 is 5.91 Å². The van der Waals surface area contributed by atoms with Gasteiger partial charge in [-0.15, -0.1) is 0 Å². The van der Waals surface area contributed by atoms with Gasteiger partial charge >= 0.3 is 0 Å². The van der Waals surface area contributed by atoms with Gasteiger partial charge in [-0.1, -0.05) is 27.7 Å². The Kier molecular flexibility index (Phi) is 3.48. The van der Waals surface area contributed by atoms with Crippen LogP contribution < -0.4 is 5.32 Å². The maximum absolute atomic E-state index is 11.8. The molecule has 0 aromatic carbocycles. The zero-order chi connectivity index (χ0) is 12.6. The van der Waals surface area contributed by atoms with E-state index < -0.39 is 0 Å². The molecule has 0 bridgehead atoms. The summed E-state index contributed by atoms with van der Waals surface area (Å²) in [5.41, 5.74) is 0.508. The largest absolute Gasteiger partial charge is 0.341 e. The van der Waals surface area contributed by atoms with Gasteiger partial charge in [-0.25, -0.2) is 0 Å². The predicted molar refractivity (Wildman–Crippen MR) is 69.7 cm³/mol. The summed E-state index contributed by atoms with van der Waals surface area (Å²) in [4.78, 5) is 13.8. The van der Waals surface area contributed by atoms with Crippen LogP contribution >= 0.6 is 0 Å². The summed E-state index contributed by atoms with van der Waals surface area (Å²) in [5.74, 6) is 1.33. The minimum Gasteiger partial charge on any atom is -0.341 e. The Morgan fingerprint density at radius 3 is 2.35 bits per heavy atom. The second kappa shape index (κ2) is 4.60. The Balaban J connectivity index is 1.67. The molecular weight excluding hydrogens is 212 g/mol. The average molecular weight is 238 g/mol. The standard InChI is InChI=1S/C14H26N2O/c1-10(2)13(17)16-8-14(9-16)5-12(6-14)7-15-11(3)4/h10-12,15H,5-9H2,1-4H3. The van der Waals surface area contributed by atoms with E-state index in [0.29, 0.717) is 17.4 Å². The number of carbonyl (C=O) groups excluding carboxylic acids is 1. The van der Waals surface area contributed by atoms with Crippen LogP contribution in [0.4, 0.5) is 0 Å². The molecule has 1 amide bonds. The average Bonchev–Trinajstić information content (AvgIpc) is 2.11. The zero-order valence-corrected chi connectivity index (χ0v) is 11.6. The quantitative estimate of drug-likeness (QED) is 0.811. The Bertz CT molecular complexity index is 285. The molecule has 98 valence electrons. The summed E-state index contributed by atoms with van der Waals surface area (Å²) in [7, 11) is 0. The Morgan fingerprint density at radius 1 is 1.29 bits per heavy atom. The molecule has 0 radical (unpaired) electrons. The van der Waals surface area contributed by atoms with Crippen molar-refractivity contribution in [3.63, 3.8) is 0 Å². The molecule has 0 unspecified atom stereocenters. The topological polar surface area (TPSA) is 32.3 Å². The number of carbonyl (C=O) groups is 1. The molecule has 1 aliphatic heterocycles. The number of nitrogens with zero attached hydrogens (tertiary/aromatic N) is 1. The molecule has 0 aromatic rings. The molecule has 0 atom stereocenters. The number of rotatable bonds is 4. The van der Waals surface area contributed by atoms with E-state index in [2.05, 4.69) is 19.2 Å². The van der Waals surface area contributed by atoms with Crippen LogP contribution in [0.25, 0.3) is 0 Å². The molecule has 0 aromatic heterocycles. The molecule has 2 aliphatic rings. The van der Waals surface area contributed by atoms with Gasteiger partial charge < -0.3 is 10.2 Å². The van der Waals surface area contributed by atoms with Crippen molar-refractivity contribution in [3.05, 3.63) is 0 Å². The van der Waals surface area contributed by atoms with Crippen LogP contribution in [0.15, 0.2) is 0 Å². The molecule has 1 spiro atoms. The second-order valence-electron chi connectivity index (χ2n) is 6.69.